The maximum Gasteiger partial charge on any atom is 0.278 e. The van der Waals surface area contributed by atoms with Crippen LogP contribution < -0.4 is 10.1 Å². The van der Waals surface area contributed by atoms with Gasteiger partial charge in [-0.2, -0.15) is 5.10 Å². The smallest absolute Gasteiger partial charge is 0.278 e. The molecule has 4 aromatic rings. The highest BCUT2D eigenvalue weighted by Gasteiger charge is 2.23. The fourth-order valence-corrected chi connectivity index (χ4v) is 3.89. The largest absolute Gasteiger partial charge is 0.489 e. The van der Waals surface area contributed by atoms with Gasteiger partial charge in [0.25, 0.3) is 5.91 Å². The van der Waals surface area contributed by atoms with Gasteiger partial charge in [0, 0.05) is 5.02 Å². The van der Waals surface area contributed by atoms with E-state index in [1.165, 1.54) is 5.56 Å². The zero-order valence-corrected chi connectivity index (χ0v) is 20.7. The minimum atomic E-state index is -0.376. The van der Waals surface area contributed by atoms with Crippen LogP contribution in [0.1, 0.15) is 49.9 Å². The van der Waals surface area contributed by atoms with Crippen LogP contribution in [-0.4, -0.2) is 20.8 Å². The third kappa shape index (κ3) is 4.84. The first kappa shape index (κ1) is 23.6. The summed E-state index contributed by atoms with van der Waals surface area (Å²) in [6.07, 6.45) is 0. The van der Waals surface area contributed by atoms with E-state index in [0.717, 1.165) is 22.6 Å². The number of amides is 1. The van der Waals surface area contributed by atoms with Gasteiger partial charge in [-0.25, -0.2) is 0 Å². The van der Waals surface area contributed by atoms with Gasteiger partial charge in [-0.15, -0.1) is 0 Å². The summed E-state index contributed by atoms with van der Waals surface area (Å²) in [5.74, 6) is 0.887. The SMILES string of the molecule is Cc1ccc(OCc2c(C(=O)Nc3c(C)nn(Cc4ccccc4Cl)c3C)noc2C)cc1C. The van der Waals surface area contributed by atoms with Crippen molar-refractivity contribution in [3.8, 4) is 5.75 Å². The molecule has 0 fully saturated rings. The lowest BCUT2D eigenvalue weighted by atomic mass is 10.1. The van der Waals surface area contributed by atoms with E-state index in [1.807, 2.05) is 74.8 Å². The number of carbonyl (C=O) groups excluding carboxylic acids is 1. The van der Waals surface area contributed by atoms with E-state index in [2.05, 4.69) is 15.6 Å². The molecule has 4 rings (SSSR count). The number of aromatic nitrogens is 3. The first-order valence-electron chi connectivity index (χ1n) is 11.0. The zero-order chi connectivity index (χ0) is 24.4. The number of halogens is 1. The number of nitrogens with one attached hydrogen (secondary N) is 1. The normalized spacial score (nSPS) is 11.0. The molecule has 0 spiro atoms. The molecule has 0 aliphatic rings. The summed E-state index contributed by atoms with van der Waals surface area (Å²) < 4.78 is 13.1. The van der Waals surface area contributed by atoms with Gasteiger partial charge in [-0.05, 0) is 69.5 Å². The molecule has 0 unspecified atom stereocenters. The van der Waals surface area contributed by atoms with Crippen LogP contribution in [-0.2, 0) is 13.2 Å². The first-order valence-corrected chi connectivity index (χ1v) is 11.4. The van der Waals surface area contributed by atoms with Gasteiger partial charge in [-0.3, -0.25) is 9.48 Å². The Morgan fingerprint density at radius 1 is 1.09 bits per heavy atom. The Morgan fingerprint density at radius 3 is 2.59 bits per heavy atom. The van der Waals surface area contributed by atoms with Gasteiger partial charge >= 0.3 is 0 Å². The number of carbonyl (C=O) groups is 1. The maximum absolute atomic E-state index is 13.1. The third-order valence-corrected chi connectivity index (χ3v) is 6.33. The lowest BCUT2D eigenvalue weighted by Gasteiger charge is -2.10. The molecule has 0 aliphatic heterocycles. The van der Waals surface area contributed by atoms with Gasteiger partial charge in [0.1, 0.15) is 18.1 Å². The van der Waals surface area contributed by atoms with Crippen LogP contribution in [0.2, 0.25) is 5.02 Å². The van der Waals surface area contributed by atoms with Gasteiger partial charge in [-0.1, -0.05) is 41.0 Å². The quantitative estimate of drug-likeness (QED) is 0.355. The summed E-state index contributed by atoms with van der Waals surface area (Å²) in [6, 6.07) is 13.5. The number of hydrogen-bond acceptors (Lipinski definition) is 5. The van der Waals surface area contributed by atoms with Crippen molar-refractivity contribution in [2.45, 2.75) is 47.8 Å². The predicted octanol–water partition coefficient (Wildman–Crippen LogP) is 5.95. The molecular weight excluding hydrogens is 452 g/mol. The Balaban J connectivity index is 1.52. The maximum atomic E-state index is 13.1. The minimum Gasteiger partial charge on any atom is -0.489 e. The summed E-state index contributed by atoms with van der Waals surface area (Å²) in [7, 11) is 0. The van der Waals surface area contributed by atoms with Gasteiger partial charge in [0.05, 0.1) is 29.2 Å². The Morgan fingerprint density at radius 2 is 1.85 bits per heavy atom. The number of nitrogens with zero attached hydrogens (tertiary/aromatic N) is 3. The first-order chi connectivity index (χ1) is 16.2. The van der Waals surface area contributed by atoms with Crippen molar-refractivity contribution < 1.29 is 14.1 Å². The molecule has 1 N–H and O–H groups in total. The molecule has 0 saturated carbocycles. The standard InChI is InChI=1S/C26H27ClN4O3/c1-15-10-11-21(12-16(15)2)33-14-22-19(5)34-30-25(22)26(32)28-24-17(3)29-31(18(24)4)13-20-8-6-7-9-23(20)27/h6-12H,13-14H2,1-5H3,(H,28,32). The molecule has 0 saturated heterocycles. The van der Waals surface area contributed by atoms with Crippen LogP contribution in [0, 0.1) is 34.6 Å². The van der Waals surface area contributed by atoms with E-state index in [9.17, 15) is 4.79 Å². The third-order valence-electron chi connectivity index (χ3n) is 5.96. The molecular formula is C26H27ClN4O3. The van der Waals surface area contributed by atoms with Crippen LogP contribution in [0.15, 0.2) is 47.0 Å². The van der Waals surface area contributed by atoms with Crippen LogP contribution in [0.4, 0.5) is 5.69 Å². The number of benzene rings is 2. The van der Waals surface area contributed by atoms with E-state index in [0.29, 0.717) is 34.3 Å². The number of ether oxygens (including phenoxy) is 1. The second-order valence-electron chi connectivity index (χ2n) is 8.35. The molecule has 0 bridgehead atoms. The van der Waals surface area contributed by atoms with Gasteiger partial charge in [0.2, 0.25) is 0 Å². The van der Waals surface area contributed by atoms with Crippen molar-refractivity contribution in [2.24, 2.45) is 0 Å². The van der Waals surface area contributed by atoms with E-state index >= 15 is 0 Å². The van der Waals surface area contributed by atoms with Gasteiger partial charge in [0.15, 0.2) is 5.69 Å². The average Bonchev–Trinajstić information content (AvgIpc) is 3.30. The van der Waals surface area contributed by atoms with Crippen molar-refractivity contribution in [2.75, 3.05) is 5.32 Å². The summed E-state index contributed by atoms with van der Waals surface area (Å²) >= 11 is 6.31. The number of rotatable bonds is 7. The summed E-state index contributed by atoms with van der Waals surface area (Å²) in [4.78, 5) is 13.1. The lowest BCUT2D eigenvalue weighted by molar-refractivity contribution is 0.101. The van der Waals surface area contributed by atoms with E-state index in [-0.39, 0.29) is 18.2 Å². The molecule has 34 heavy (non-hydrogen) atoms. The second kappa shape index (κ2) is 9.73. The molecule has 2 heterocycles. The summed E-state index contributed by atoms with van der Waals surface area (Å²) in [6.45, 7) is 10.3. The van der Waals surface area contributed by atoms with E-state index in [1.54, 1.807) is 6.92 Å². The Hall–Kier alpha value is -3.58. The average molecular weight is 479 g/mol. The molecule has 0 aliphatic carbocycles. The number of aryl methyl sites for hydroxylation is 4. The fraction of sp³-hybridized carbons (Fsp3) is 0.269. The van der Waals surface area contributed by atoms with E-state index in [4.69, 9.17) is 20.9 Å². The van der Waals surface area contributed by atoms with Gasteiger partial charge < -0.3 is 14.6 Å². The predicted molar refractivity (Wildman–Crippen MR) is 132 cm³/mol. The van der Waals surface area contributed by atoms with Crippen LogP contribution >= 0.6 is 11.6 Å². The summed E-state index contributed by atoms with van der Waals surface area (Å²) in [5, 5.41) is 12.2. The van der Waals surface area contributed by atoms with Crippen molar-refractivity contribution in [1.82, 2.24) is 14.9 Å². The van der Waals surface area contributed by atoms with Crippen molar-refractivity contribution in [3.63, 3.8) is 0 Å². The van der Waals surface area contributed by atoms with E-state index < -0.39 is 0 Å². The Kier molecular flexibility index (Phi) is 6.75. The topological polar surface area (TPSA) is 82.2 Å². The highest BCUT2D eigenvalue weighted by Crippen LogP contribution is 2.25. The number of anilines is 1. The van der Waals surface area contributed by atoms with Crippen LogP contribution in [0.3, 0.4) is 0 Å². The Bertz CT molecular complexity index is 1360. The second-order valence-corrected chi connectivity index (χ2v) is 8.76. The summed E-state index contributed by atoms with van der Waals surface area (Å²) in [5.41, 5.74) is 6.23. The fourth-order valence-electron chi connectivity index (χ4n) is 3.69. The highest BCUT2D eigenvalue weighted by atomic mass is 35.5. The molecule has 176 valence electrons. The zero-order valence-electron chi connectivity index (χ0n) is 19.9. The molecule has 1 amide bonds. The van der Waals surface area contributed by atoms with Crippen molar-refractivity contribution in [1.29, 1.82) is 0 Å². The molecule has 0 radical (unpaired) electrons. The molecule has 7 nitrogen and oxygen atoms in total. The van der Waals surface area contributed by atoms with Crippen LogP contribution in [0.5, 0.6) is 5.75 Å². The molecule has 2 aromatic heterocycles. The van der Waals surface area contributed by atoms with Crippen molar-refractivity contribution >= 4 is 23.2 Å². The van der Waals surface area contributed by atoms with Crippen molar-refractivity contribution in [3.05, 3.63) is 92.6 Å². The minimum absolute atomic E-state index is 0.171. The molecule has 0 atom stereocenters. The van der Waals surface area contributed by atoms with Crippen LogP contribution in [0.25, 0.3) is 0 Å². The lowest BCUT2D eigenvalue weighted by Crippen LogP contribution is -2.16. The Labute approximate surface area is 203 Å². The number of hydrogen-bond donors (Lipinski definition) is 1. The molecule has 2 aromatic carbocycles. The monoisotopic (exact) mass is 478 g/mol. The molecule has 8 heteroatoms. The highest BCUT2D eigenvalue weighted by molar-refractivity contribution is 6.31.